The molecule has 11 nitrogen and oxygen atoms in total. The number of fused-ring (bicyclic) bond motifs is 1. The number of rotatable bonds is 7. The summed E-state index contributed by atoms with van der Waals surface area (Å²) in [6, 6.07) is 12.9. The average molecular weight is 535 g/mol. The van der Waals surface area contributed by atoms with E-state index in [0.717, 1.165) is 5.06 Å². The Morgan fingerprint density at radius 2 is 1.32 bits per heavy atom. The molecular formula is C25H30N2O9S. The number of nitrogens with one attached hydrogen (secondary N) is 1. The van der Waals surface area contributed by atoms with Crippen LogP contribution in [0.4, 0.5) is 0 Å². The number of hydroxylamine groups is 2. The topological polar surface area (TPSA) is 130 Å². The van der Waals surface area contributed by atoms with Gasteiger partial charge in [0.2, 0.25) is 0 Å². The number of carbonyl (C=O) groups excluding carboxylic acids is 2. The van der Waals surface area contributed by atoms with Crippen molar-refractivity contribution < 1.29 is 41.9 Å². The van der Waals surface area contributed by atoms with Crippen molar-refractivity contribution in [3.05, 3.63) is 59.7 Å². The van der Waals surface area contributed by atoms with Crippen LogP contribution < -0.4 is 9.62 Å². The number of amides is 2. The molecule has 0 unspecified atom stereocenters. The number of hydrogen-bond donors (Lipinski definition) is 1. The number of benzene rings is 2. The smallest absolute Gasteiger partial charge is 0.285 e. The Bertz CT molecular complexity index is 1140. The summed E-state index contributed by atoms with van der Waals surface area (Å²) < 4.78 is 39.3. The maximum absolute atomic E-state index is 12.0. The molecule has 0 aliphatic carbocycles. The fourth-order valence-electron chi connectivity index (χ4n) is 3.92. The second-order valence-electron chi connectivity index (χ2n) is 8.56. The zero-order chi connectivity index (χ0) is 26.3. The molecule has 3 aliphatic rings. The second kappa shape index (κ2) is 12.6. The van der Waals surface area contributed by atoms with Gasteiger partial charge in [-0.25, -0.2) is 8.42 Å². The minimum absolute atomic E-state index is 0.124. The molecule has 2 aromatic rings. The third-order valence-corrected chi connectivity index (χ3v) is 7.25. The summed E-state index contributed by atoms with van der Waals surface area (Å²) in [5, 5.41) is 0.890. The standard InChI is InChI=1S/C13H13NO4.C12H17NO5S/c15-12-10-3-1-2-4-11(10)13(16)14(12)18-9-5-7-17-8-6-9;1-16-10-2-4-12(5-3-10)19(14,15)13-18-11-6-8-17-9-7-11/h1-4,9H,5-8H2;2-5,11,13H,6-9H2,1H3. The zero-order valence-electron chi connectivity index (χ0n) is 20.5. The molecular weight excluding hydrogens is 504 g/mol. The lowest BCUT2D eigenvalue weighted by Gasteiger charge is -2.25. The maximum Gasteiger partial charge on any atom is 0.285 e. The summed E-state index contributed by atoms with van der Waals surface area (Å²) in [4.78, 5) is 37.1. The van der Waals surface area contributed by atoms with Crippen molar-refractivity contribution in [3.8, 4) is 5.75 Å². The monoisotopic (exact) mass is 534 g/mol. The molecule has 2 amide bonds. The predicted octanol–water partition coefficient (Wildman–Crippen LogP) is 2.48. The summed E-state index contributed by atoms with van der Waals surface area (Å²) in [6.07, 6.45) is 2.51. The van der Waals surface area contributed by atoms with Crippen LogP contribution in [-0.2, 0) is 29.2 Å². The molecule has 2 saturated heterocycles. The van der Waals surface area contributed by atoms with Crippen LogP contribution in [0.2, 0.25) is 0 Å². The van der Waals surface area contributed by atoms with Gasteiger partial charge in [0, 0.05) is 26.4 Å². The summed E-state index contributed by atoms with van der Waals surface area (Å²) in [5.74, 6) is -0.145. The van der Waals surface area contributed by atoms with Gasteiger partial charge in [-0.2, -0.15) is 0 Å². The van der Waals surface area contributed by atoms with E-state index >= 15 is 0 Å². The van der Waals surface area contributed by atoms with Crippen molar-refractivity contribution >= 4 is 21.8 Å². The Kier molecular flexibility index (Phi) is 9.24. The van der Waals surface area contributed by atoms with Gasteiger partial charge in [-0.15, -0.1) is 5.06 Å². The molecule has 12 heteroatoms. The van der Waals surface area contributed by atoms with Crippen LogP contribution in [0.3, 0.4) is 0 Å². The van der Waals surface area contributed by atoms with Crippen molar-refractivity contribution in [3.63, 3.8) is 0 Å². The highest BCUT2D eigenvalue weighted by Crippen LogP contribution is 2.25. The lowest BCUT2D eigenvalue weighted by molar-refractivity contribution is -0.155. The van der Waals surface area contributed by atoms with E-state index in [4.69, 9.17) is 23.9 Å². The molecule has 2 fully saturated rings. The highest BCUT2D eigenvalue weighted by atomic mass is 32.2. The number of nitrogens with zero attached hydrogens (tertiary/aromatic N) is 1. The third-order valence-electron chi connectivity index (χ3n) is 6.04. The molecule has 1 N–H and O–H groups in total. The number of imide groups is 1. The molecule has 3 heterocycles. The van der Waals surface area contributed by atoms with E-state index in [9.17, 15) is 18.0 Å². The van der Waals surface area contributed by atoms with E-state index in [0.29, 0.717) is 69.0 Å². The lowest BCUT2D eigenvalue weighted by atomic mass is 10.1. The fourth-order valence-corrected chi connectivity index (χ4v) is 4.77. The summed E-state index contributed by atoms with van der Waals surface area (Å²) >= 11 is 0. The van der Waals surface area contributed by atoms with Gasteiger partial charge in [-0.3, -0.25) is 19.3 Å². The summed E-state index contributed by atoms with van der Waals surface area (Å²) in [5.41, 5.74) is 0.823. The minimum atomic E-state index is -3.65. The van der Waals surface area contributed by atoms with Crippen LogP contribution in [-0.4, -0.2) is 71.0 Å². The minimum Gasteiger partial charge on any atom is -0.497 e. The van der Waals surface area contributed by atoms with Crippen molar-refractivity contribution in [2.75, 3.05) is 33.5 Å². The van der Waals surface area contributed by atoms with Crippen molar-refractivity contribution in [1.29, 1.82) is 0 Å². The third kappa shape index (κ3) is 6.92. The van der Waals surface area contributed by atoms with Gasteiger partial charge >= 0.3 is 0 Å². The lowest BCUT2D eigenvalue weighted by Crippen LogP contribution is -2.37. The second-order valence-corrected chi connectivity index (χ2v) is 10.2. The molecule has 37 heavy (non-hydrogen) atoms. The molecule has 0 saturated carbocycles. The fraction of sp³-hybridized carbons (Fsp3) is 0.440. The van der Waals surface area contributed by atoms with E-state index < -0.39 is 10.0 Å². The van der Waals surface area contributed by atoms with Crippen molar-refractivity contribution in [1.82, 2.24) is 9.95 Å². The number of hydrogen-bond acceptors (Lipinski definition) is 9. The zero-order valence-corrected chi connectivity index (χ0v) is 21.3. The maximum atomic E-state index is 12.0. The van der Waals surface area contributed by atoms with E-state index in [-0.39, 0.29) is 28.9 Å². The van der Waals surface area contributed by atoms with Gasteiger partial charge < -0.3 is 14.2 Å². The SMILES string of the molecule is COc1ccc(S(=O)(=O)NOC2CCOCC2)cc1.O=C1c2ccccc2C(=O)N1OC1CCOCC1. The van der Waals surface area contributed by atoms with Crippen LogP contribution in [0.25, 0.3) is 0 Å². The number of methoxy groups -OCH3 is 1. The molecule has 5 rings (SSSR count). The Labute approximate surface area is 215 Å². The van der Waals surface area contributed by atoms with Crippen LogP contribution in [0.15, 0.2) is 53.4 Å². The van der Waals surface area contributed by atoms with E-state index in [1.165, 1.54) is 19.2 Å². The molecule has 0 radical (unpaired) electrons. The van der Waals surface area contributed by atoms with Crippen molar-refractivity contribution in [2.24, 2.45) is 0 Å². The van der Waals surface area contributed by atoms with E-state index in [2.05, 4.69) is 4.89 Å². The Morgan fingerprint density at radius 1 is 0.811 bits per heavy atom. The first-order chi connectivity index (χ1) is 17.9. The Morgan fingerprint density at radius 3 is 1.84 bits per heavy atom. The average Bonchev–Trinajstić information content (AvgIpc) is 3.18. The normalized spacial score (nSPS) is 18.8. The van der Waals surface area contributed by atoms with Crippen LogP contribution >= 0.6 is 0 Å². The first-order valence-electron chi connectivity index (χ1n) is 12.0. The van der Waals surface area contributed by atoms with E-state index in [1.807, 2.05) is 0 Å². The molecule has 2 aromatic carbocycles. The van der Waals surface area contributed by atoms with Crippen molar-refractivity contribution in [2.45, 2.75) is 42.8 Å². The van der Waals surface area contributed by atoms with E-state index in [1.54, 1.807) is 36.4 Å². The van der Waals surface area contributed by atoms with Gasteiger partial charge in [0.25, 0.3) is 21.8 Å². The molecule has 3 aliphatic heterocycles. The molecule has 0 bridgehead atoms. The quantitative estimate of drug-likeness (QED) is 0.421. The van der Waals surface area contributed by atoms with Gasteiger partial charge in [-0.1, -0.05) is 17.0 Å². The first kappa shape index (κ1) is 27.2. The molecule has 0 aromatic heterocycles. The van der Waals surface area contributed by atoms with Crippen LogP contribution in [0.1, 0.15) is 46.4 Å². The van der Waals surface area contributed by atoms with Crippen LogP contribution in [0.5, 0.6) is 5.75 Å². The van der Waals surface area contributed by atoms with Gasteiger partial charge in [0.05, 0.1) is 35.3 Å². The summed E-state index contributed by atoms with van der Waals surface area (Å²) in [7, 11) is -2.13. The highest BCUT2D eigenvalue weighted by Gasteiger charge is 2.38. The van der Waals surface area contributed by atoms with Gasteiger partial charge in [0.1, 0.15) is 5.75 Å². The highest BCUT2D eigenvalue weighted by molar-refractivity contribution is 7.89. The predicted molar refractivity (Wildman–Crippen MR) is 130 cm³/mol. The largest absolute Gasteiger partial charge is 0.497 e. The Balaban J connectivity index is 0.000000173. The van der Waals surface area contributed by atoms with Gasteiger partial charge in [-0.05, 0) is 62.1 Å². The number of carbonyl (C=O) groups is 2. The molecule has 200 valence electrons. The number of ether oxygens (including phenoxy) is 3. The van der Waals surface area contributed by atoms with Crippen LogP contribution in [0, 0.1) is 0 Å². The first-order valence-corrected chi connectivity index (χ1v) is 13.5. The molecule has 0 spiro atoms. The number of sulfonamides is 1. The Hall–Kier alpha value is -2.87. The van der Waals surface area contributed by atoms with Gasteiger partial charge in [0.15, 0.2) is 0 Å². The summed E-state index contributed by atoms with van der Waals surface area (Å²) in [6.45, 7) is 2.39. The molecule has 0 atom stereocenters.